The van der Waals surface area contributed by atoms with Gasteiger partial charge in [0.05, 0.1) is 0 Å². The van der Waals surface area contributed by atoms with E-state index in [9.17, 15) is 14.4 Å². The number of anilines is 1. The summed E-state index contributed by atoms with van der Waals surface area (Å²) in [6, 6.07) is 13.2. The Morgan fingerprint density at radius 2 is 1.81 bits per heavy atom. The number of aliphatic carboxylic acids is 1. The van der Waals surface area contributed by atoms with E-state index in [1.54, 1.807) is 12.1 Å². The summed E-state index contributed by atoms with van der Waals surface area (Å²) in [5.41, 5.74) is 9.79. The molecule has 0 saturated heterocycles. The van der Waals surface area contributed by atoms with Gasteiger partial charge in [-0.1, -0.05) is 30.3 Å². The first kappa shape index (κ1) is 18.8. The second-order valence-electron chi connectivity index (χ2n) is 6.82. The van der Waals surface area contributed by atoms with E-state index in [2.05, 4.69) is 5.32 Å². The van der Waals surface area contributed by atoms with E-state index < -0.39 is 18.3 Å². The normalized spacial score (nSPS) is 15.9. The maximum absolute atomic E-state index is 12.9. The van der Waals surface area contributed by atoms with Gasteiger partial charge in [-0.25, -0.2) is 0 Å². The Hall–Kier alpha value is -2.99. The summed E-state index contributed by atoms with van der Waals surface area (Å²) in [4.78, 5) is 35.2. The van der Waals surface area contributed by atoms with Gasteiger partial charge in [0.1, 0.15) is 6.42 Å². The van der Waals surface area contributed by atoms with Gasteiger partial charge in [-0.3, -0.25) is 14.4 Å². The quantitative estimate of drug-likeness (QED) is 0.681. The number of nitrogens with two attached hydrogens (primary N) is 1. The van der Waals surface area contributed by atoms with Crippen molar-refractivity contribution in [3.63, 3.8) is 0 Å². The van der Waals surface area contributed by atoms with Crippen molar-refractivity contribution < 1.29 is 19.5 Å². The number of carboxylic acids is 1. The molecule has 140 valence electrons. The molecule has 1 amide bonds. The van der Waals surface area contributed by atoms with Gasteiger partial charge in [0.25, 0.3) is 0 Å². The van der Waals surface area contributed by atoms with Gasteiger partial charge < -0.3 is 16.2 Å². The number of nitrogens with one attached hydrogen (secondary N) is 1. The van der Waals surface area contributed by atoms with Crippen molar-refractivity contribution in [1.29, 1.82) is 0 Å². The summed E-state index contributed by atoms with van der Waals surface area (Å²) in [5.74, 6) is -1.84. The first-order valence-electron chi connectivity index (χ1n) is 8.93. The van der Waals surface area contributed by atoms with Crippen LogP contribution in [0.5, 0.6) is 0 Å². The molecule has 0 spiro atoms. The van der Waals surface area contributed by atoms with Crippen molar-refractivity contribution in [1.82, 2.24) is 0 Å². The summed E-state index contributed by atoms with van der Waals surface area (Å²) in [5, 5.41) is 11.2. The monoisotopic (exact) mass is 366 g/mol. The topological polar surface area (TPSA) is 109 Å². The first-order valence-corrected chi connectivity index (χ1v) is 8.93. The molecule has 2 aromatic carbocycles. The van der Waals surface area contributed by atoms with E-state index >= 15 is 0 Å². The fraction of sp³-hybridized carbons (Fsp3) is 0.286. The van der Waals surface area contributed by atoms with E-state index in [4.69, 9.17) is 10.8 Å². The van der Waals surface area contributed by atoms with E-state index in [1.165, 1.54) is 0 Å². The maximum atomic E-state index is 12.9. The minimum Gasteiger partial charge on any atom is -0.481 e. The Labute approximate surface area is 157 Å². The number of hydrogen-bond donors (Lipinski definition) is 3. The summed E-state index contributed by atoms with van der Waals surface area (Å²) in [6.45, 7) is 0.492. The molecule has 1 aliphatic carbocycles. The molecule has 0 radical (unpaired) electrons. The second-order valence-corrected chi connectivity index (χ2v) is 6.82. The molecule has 27 heavy (non-hydrogen) atoms. The molecule has 6 nitrogen and oxygen atoms in total. The van der Waals surface area contributed by atoms with Gasteiger partial charge in [-0.05, 0) is 48.1 Å². The fourth-order valence-corrected chi connectivity index (χ4v) is 3.42. The second kappa shape index (κ2) is 8.14. The maximum Gasteiger partial charge on any atom is 0.312 e. The molecular weight excluding hydrogens is 344 g/mol. The SMILES string of the molecule is NCc1ccc(CC2CCc3ccc(NC(=O)CC(=O)O)cc3C2=O)cc1. The Morgan fingerprint density at radius 3 is 2.48 bits per heavy atom. The van der Waals surface area contributed by atoms with Crippen LogP contribution in [0.1, 0.15) is 39.9 Å². The standard InChI is InChI=1S/C21H22N2O4/c22-12-14-3-1-13(2-4-14)9-16-6-5-15-7-8-17(10-18(15)21(16)27)23-19(24)11-20(25)26/h1-4,7-8,10,16H,5-6,9,11-12,22H2,(H,23,24)(H,25,26). The zero-order valence-electron chi connectivity index (χ0n) is 14.9. The molecule has 3 rings (SSSR count). The lowest BCUT2D eigenvalue weighted by Crippen LogP contribution is -2.25. The van der Waals surface area contributed by atoms with Gasteiger partial charge in [0.2, 0.25) is 5.91 Å². The smallest absolute Gasteiger partial charge is 0.312 e. The third-order valence-electron chi connectivity index (χ3n) is 4.84. The number of carbonyl (C=O) groups is 3. The van der Waals surface area contributed by atoms with Crippen molar-refractivity contribution >= 4 is 23.3 Å². The number of hydrogen-bond acceptors (Lipinski definition) is 4. The predicted octanol–water partition coefficient (Wildman–Crippen LogP) is 2.55. The molecule has 6 heteroatoms. The molecule has 1 unspecified atom stereocenters. The van der Waals surface area contributed by atoms with Crippen molar-refractivity contribution in [2.24, 2.45) is 11.7 Å². The lowest BCUT2D eigenvalue weighted by molar-refractivity contribution is -0.139. The van der Waals surface area contributed by atoms with Crippen LogP contribution in [-0.2, 0) is 29.0 Å². The van der Waals surface area contributed by atoms with Crippen LogP contribution in [0.3, 0.4) is 0 Å². The molecule has 0 aliphatic heterocycles. The van der Waals surface area contributed by atoms with E-state index in [1.807, 2.05) is 30.3 Å². The number of rotatable bonds is 6. The first-order chi connectivity index (χ1) is 13.0. The Balaban J connectivity index is 1.73. The molecule has 1 aliphatic rings. The number of carboxylic acid groups (broad SMARTS) is 1. The minimum atomic E-state index is -1.19. The van der Waals surface area contributed by atoms with Gasteiger partial charge in [0.15, 0.2) is 5.78 Å². The largest absolute Gasteiger partial charge is 0.481 e. The molecule has 0 bridgehead atoms. The molecule has 0 heterocycles. The van der Waals surface area contributed by atoms with Crippen LogP contribution in [0.15, 0.2) is 42.5 Å². The number of aryl methyl sites for hydroxylation is 1. The number of amides is 1. The predicted molar refractivity (Wildman–Crippen MR) is 102 cm³/mol. The fourth-order valence-electron chi connectivity index (χ4n) is 3.42. The van der Waals surface area contributed by atoms with Crippen LogP contribution < -0.4 is 11.1 Å². The number of Topliss-reactive ketones (excluding diaryl/α,β-unsaturated/α-hetero) is 1. The van der Waals surface area contributed by atoms with Crippen molar-refractivity contribution in [3.8, 4) is 0 Å². The number of benzene rings is 2. The molecular formula is C21H22N2O4. The third-order valence-corrected chi connectivity index (χ3v) is 4.84. The summed E-state index contributed by atoms with van der Waals surface area (Å²) in [6.07, 6.45) is 1.65. The average Bonchev–Trinajstić information content (AvgIpc) is 2.64. The Bertz CT molecular complexity index is 874. The van der Waals surface area contributed by atoms with Crippen LogP contribution in [0.2, 0.25) is 0 Å². The highest BCUT2D eigenvalue weighted by atomic mass is 16.4. The van der Waals surface area contributed by atoms with Crippen LogP contribution >= 0.6 is 0 Å². The van der Waals surface area contributed by atoms with E-state index in [-0.39, 0.29) is 11.7 Å². The Kier molecular flexibility index (Phi) is 5.66. The molecule has 0 fully saturated rings. The highest BCUT2D eigenvalue weighted by Gasteiger charge is 2.27. The zero-order valence-corrected chi connectivity index (χ0v) is 14.9. The Morgan fingerprint density at radius 1 is 1.11 bits per heavy atom. The number of fused-ring (bicyclic) bond motifs is 1. The molecule has 2 aromatic rings. The summed E-state index contributed by atoms with van der Waals surface area (Å²) < 4.78 is 0. The molecule has 0 saturated carbocycles. The average molecular weight is 366 g/mol. The molecule has 4 N–H and O–H groups in total. The van der Waals surface area contributed by atoms with E-state index in [0.717, 1.165) is 29.5 Å². The van der Waals surface area contributed by atoms with Gasteiger partial charge in [0, 0.05) is 23.7 Å². The highest BCUT2D eigenvalue weighted by molar-refractivity contribution is 6.04. The third kappa shape index (κ3) is 4.60. The van der Waals surface area contributed by atoms with Crippen molar-refractivity contribution in [2.75, 3.05) is 5.32 Å². The van der Waals surface area contributed by atoms with E-state index in [0.29, 0.717) is 24.2 Å². The highest BCUT2D eigenvalue weighted by Crippen LogP contribution is 2.30. The van der Waals surface area contributed by atoms with Crippen LogP contribution in [0.4, 0.5) is 5.69 Å². The van der Waals surface area contributed by atoms with Crippen molar-refractivity contribution in [3.05, 3.63) is 64.7 Å². The lowest BCUT2D eigenvalue weighted by Gasteiger charge is -2.24. The zero-order chi connectivity index (χ0) is 19.4. The number of ketones is 1. The van der Waals surface area contributed by atoms with Crippen LogP contribution in [0, 0.1) is 5.92 Å². The minimum absolute atomic E-state index is 0.0634. The van der Waals surface area contributed by atoms with Gasteiger partial charge in [-0.2, -0.15) is 0 Å². The van der Waals surface area contributed by atoms with Crippen LogP contribution in [-0.4, -0.2) is 22.8 Å². The lowest BCUT2D eigenvalue weighted by atomic mass is 9.79. The summed E-state index contributed by atoms with van der Waals surface area (Å²) >= 11 is 0. The number of carbonyl (C=O) groups excluding carboxylic acids is 2. The molecule has 0 aromatic heterocycles. The summed E-state index contributed by atoms with van der Waals surface area (Å²) in [7, 11) is 0. The molecule has 1 atom stereocenters. The van der Waals surface area contributed by atoms with Crippen molar-refractivity contribution in [2.45, 2.75) is 32.2 Å². The van der Waals surface area contributed by atoms with Crippen LogP contribution in [0.25, 0.3) is 0 Å². The van der Waals surface area contributed by atoms with Gasteiger partial charge >= 0.3 is 5.97 Å². The van der Waals surface area contributed by atoms with Gasteiger partial charge in [-0.15, -0.1) is 0 Å².